The van der Waals surface area contributed by atoms with Gasteiger partial charge in [0, 0.05) is 31.5 Å². The second kappa shape index (κ2) is 8.27. The molecule has 136 valence electrons. The Morgan fingerprint density at radius 2 is 1.57 bits per heavy atom. The predicted octanol–water partition coefficient (Wildman–Crippen LogP) is 7.66. The van der Waals surface area contributed by atoms with Crippen LogP contribution in [-0.4, -0.2) is 4.98 Å². The summed E-state index contributed by atoms with van der Waals surface area (Å²) in [5, 5.41) is 12.2. The molecule has 2 heterocycles. The van der Waals surface area contributed by atoms with Gasteiger partial charge in [0.1, 0.15) is 22.6 Å². The minimum Gasteiger partial charge on any atom is -0.457 e. The Morgan fingerprint density at radius 1 is 0.929 bits per heavy atom. The molecule has 0 bridgehead atoms. The van der Waals surface area contributed by atoms with Gasteiger partial charge in [-0.1, -0.05) is 56.1 Å². The van der Waals surface area contributed by atoms with Crippen molar-refractivity contribution in [1.82, 2.24) is 4.98 Å². The van der Waals surface area contributed by atoms with Gasteiger partial charge < -0.3 is 4.42 Å². The third-order valence-electron chi connectivity index (χ3n) is 4.04. The Morgan fingerprint density at radius 3 is 2.21 bits per heavy atom. The first-order valence-electron chi connectivity index (χ1n) is 8.32. The monoisotopic (exact) mass is 510 g/mol. The number of hydrogen-bond acceptors (Lipinski definition) is 4. The van der Waals surface area contributed by atoms with E-state index in [4.69, 9.17) is 4.42 Å². The molecule has 0 fully saturated rings. The normalized spacial score (nSPS) is 11.4. The zero-order valence-corrected chi connectivity index (χ0v) is 18.4. The molecule has 0 atom stereocenters. The quantitative estimate of drug-likeness (QED) is 0.264. The van der Waals surface area contributed by atoms with Crippen molar-refractivity contribution in [2.24, 2.45) is 0 Å². The summed E-state index contributed by atoms with van der Waals surface area (Å²) in [5.41, 5.74) is 3.32. The van der Waals surface area contributed by atoms with Crippen molar-refractivity contribution < 1.29 is 4.42 Å². The lowest BCUT2D eigenvalue weighted by atomic mass is 10.2. The van der Waals surface area contributed by atoms with Crippen LogP contribution in [0.15, 0.2) is 79.4 Å². The maximum atomic E-state index is 9.61. The van der Waals surface area contributed by atoms with E-state index in [9.17, 15) is 5.26 Å². The third-order valence-corrected chi connectivity index (χ3v) is 5.97. The van der Waals surface area contributed by atoms with Crippen molar-refractivity contribution in [2.75, 3.05) is 0 Å². The Hall–Kier alpha value is -2.46. The Bertz CT molecular complexity index is 1180. The van der Waals surface area contributed by atoms with Crippen molar-refractivity contribution in [3.63, 3.8) is 0 Å². The molecule has 28 heavy (non-hydrogen) atoms. The summed E-state index contributed by atoms with van der Waals surface area (Å²) < 4.78 is 7.93. The number of allylic oxidation sites excluding steroid dienone is 1. The van der Waals surface area contributed by atoms with Crippen LogP contribution in [0.25, 0.3) is 34.2 Å². The molecular weight excluding hydrogens is 500 g/mol. The number of halogens is 2. The van der Waals surface area contributed by atoms with Crippen LogP contribution < -0.4 is 0 Å². The van der Waals surface area contributed by atoms with Crippen LogP contribution in [0.1, 0.15) is 10.8 Å². The topological polar surface area (TPSA) is 49.8 Å². The van der Waals surface area contributed by atoms with Crippen molar-refractivity contribution >= 4 is 54.8 Å². The van der Waals surface area contributed by atoms with Crippen molar-refractivity contribution in [1.29, 1.82) is 5.26 Å². The first kappa shape index (κ1) is 18.9. The number of nitriles is 1. The molecule has 0 radical (unpaired) electrons. The minimum atomic E-state index is 0.477. The Kier molecular flexibility index (Phi) is 5.58. The summed E-state index contributed by atoms with van der Waals surface area (Å²) in [7, 11) is 0. The second-order valence-electron chi connectivity index (χ2n) is 5.92. The number of nitrogens with zero attached hydrogens (tertiary/aromatic N) is 2. The number of benzene rings is 2. The van der Waals surface area contributed by atoms with E-state index in [1.165, 1.54) is 11.3 Å². The lowest BCUT2D eigenvalue weighted by Gasteiger charge is -1.97. The largest absolute Gasteiger partial charge is 0.457 e. The van der Waals surface area contributed by atoms with E-state index in [1.807, 2.05) is 66.0 Å². The zero-order chi connectivity index (χ0) is 19.5. The summed E-state index contributed by atoms with van der Waals surface area (Å²) in [5.74, 6) is 1.38. The molecule has 6 heteroatoms. The van der Waals surface area contributed by atoms with Crippen LogP contribution >= 0.6 is 43.2 Å². The molecule has 4 rings (SSSR count). The molecule has 0 saturated heterocycles. The van der Waals surface area contributed by atoms with Gasteiger partial charge in [0.15, 0.2) is 0 Å². The maximum absolute atomic E-state index is 9.61. The fraction of sp³-hybridized carbons (Fsp3) is 0. The summed E-state index contributed by atoms with van der Waals surface area (Å²) in [6, 6.07) is 21.8. The third kappa shape index (κ3) is 4.17. The van der Waals surface area contributed by atoms with Gasteiger partial charge in [-0.15, -0.1) is 11.3 Å². The number of rotatable bonds is 4. The van der Waals surface area contributed by atoms with E-state index in [2.05, 4.69) is 42.9 Å². The molecule has 0 N–H and O–H groups in total. The standard InChI is InChI=1S/C22H12Br2N2OS/c23-17-5-1-14(2-6-17)20-13-28-22(26-20)16(12-25)11-19-9-10-21(27-19)15-3-7-18(24)8-4-15/h1-11,13H. The highest BCUT2D eigenvalue weighted by Crippen LogP contribution is 2.30. The molecule has 0 saturated carbocycles. The molecule has 0 aliphatic rings. The molecule has 0 spiro atoms. The molecule has 3 nitrogen and oxygen atoms in total. The first-order chi connectivity index (χ1) is 13.6. The zero-order valence-electron chi connectivity index (χ0n) is 14.4. The predicted molar refractivity (Wildman–Crippen MR) is 121 cm³/mol. The van der Waals surface area contributed by atoms with Gasteiger partial charge >= 0.3 is 0 Å². The molecule has 0 aliphatic heterocycles. The van der Waals surface area contributed by atoms with Gasteiger partial charge in [-0.2, -0.15) is 5.26 Å². The second-order valence-corrected chi connectivity index (χ2v) is 8.61. The summed E-state index contributed by atoms with van der Waals surface area (Å²) in [4.78, 5) is 4.62. The molecule has 0 aliphatic carbocycles. The highest BCUT2D eigenvalue weighted by Gasteiger charge is 2.11. The highest BCUT2D eigenvalue weighted by atomic mass is 79.9. The van der Waals surface area contributed by atoms with Gasteiger partial charge in [0.2, 0.25) is 0 Å². The lowest BCUT2D eigenvalue weighted by molar-refractivity contribution is 0.572. The van der Waals surface area contributed by atoms with Gasteiger partial charge in [0.25, 0.3) is 0 Å². The van der Waals surface area contributed by atoms with Gasteiger partial charge in [-0.05, 0) is 36.4 Å². The number of aromatic nitrogens is 1. The maximum Gasteiger partial charge on any atom is 0.134 e. The van der Waals surface area contributed by atoms with Crippen molar-refractivity contribution in [2.45, 2.75) is 0 Å². The highest BCUT2D eigenvalue weighted by molar-refractivity contribution is 9.10. The molecule has 0 amide bonds. The number of thiazole rings is 1. The van der Waals surface area contributed by atoms with E-state index in [0.717, 1.165) is 31.5 Å². The average molecular weight is 512 g/mol. The van der Waals surface area contributed by atoms with Gasteiger partial charge in [-0.3, -0.25) is 0 Å². The molecule has 0 unspecified atom stereocenters. The van der Waals surface area contributed by atoms with E-state index >= 15 is 0 Å². The van der Waals surface area contributed by atoms with Crippen molar-refractivity contribution in [3.05, 3.63) is 85.8 Å². The molecule has 4 aromatic rings. The van der Waals surface area contributed by atoms with Crippen LogP contribution in [0.2, 0.25) is 0 Å². The lowest BCUT2D eigenvalue weighted by Crippen LogP contribution is -1.82. The van der Waals surface area contributed by atoms with Crippen LogP contribution in [0.3, 0.4) is 0 Å². The molecule has 2 aromatic heterocycles. The first-order valence-corrected chi connectivity index (χ1v) is 10.8. The fourth-order valence-corrected chi connectivity index (χ4v) is 3.96. The van der Waals surface area contributed by atoms with Crippen LogP contribution in [0.5, 0.6) is 0 Å². The van der Waals surface area contributed by atoms with Gasteiger partial charge in [-0.25, -0.2) is 4.98 Å². The Labute approximate surface area is 183 Å². The van der Waals surface area contributed by atoms with Crippen molar-refractivity contribution in [3.8, 4) is 28.7 Å². The Balaban J connectivity index is 1.61. The molecule has 2 aromatic carbocycles. The summed E-state index contributed by atoms with van der Waals surface area (Å²) >= 11 is 8.31. The van der Waals surface area contributed by atoms with E-state index < -0.39 is 0 Å². The van der Waals surface area contributed by atoms with E-state index in [-0.39, 0.29) is 0 Å². The smallest absolute Gasteiger partial charge is 0.134 e. The van der Waals surface area contributed by atoms with Crippen LogP contribution in [0, 0.1) is 11.3 Å². The number of furan rings is 1. The SMILES string of the molecule is N#CC(=Cc1ccc(-c2ccc(Br)cc2)o1)c1nc(-c2ccc(Br)cc2)cs1. The summed E-state index contributed by atoms with van der Waals surface area (Å²) in [6.07, 6.45) is 1.73. The fourth-order valence-electron chi connectivity index (χ4n) is 2.63. The summed E-state index contributed by atoms with van der Waals surface area (Å²) in [6.45, 7) is 0. The van der Waals surface area contributed by atoms with E-state index in [1.54, 1.807) is 6.08 Å². The average Bonchev–Trinajstić information content (AvgIpc) is 3.37. The van der Waals surface area contributed by atoms with E-state index in [0.29, 0.717) is 16.3 Å². The minimum absolute atomic E-state index is 0.477. The molecular formula is C22H12Br2N2OS. The number of hydrogen-bond donors (Lipinski definition) is 0. The van der Waals surface area contributed by atoms with Crippen LogP contribution in [0.4, 0.5) is 0 Å². The van der Waals surface area contributed by atoms with Crippen LogP contribution in [-0.2, 0) is 0 Å². The van der Waals surface area contributed by atoms with Gasteiger partial charge in [0.05, 0.1) is 11.3 Å².